The number of nitrogens with zero attached hydrogens (tertiary/aromatic N) is 1. The monoisotopic (exact) mass is 328 g/mol. The fraction of sp³-hybridized carbons (Fsp3) is 0.125. The van der Waals surface area contributed by atoms with Gasteiger partial charge in [0.2, 0.25) is 0 Å². The van der Waals surface area contributed by atoms with E-state index in [0.29, 0.717) is 22.6 Å². The van der Waals surface area contributed by atoms with Crippen molar-refractivity contribution < 1.29 is 24.0 Å². The second-order valence-electron chi connectivity index (χ2n) is 5.04. The standard InChI is InChI=1S/C16H12N2O6/c19-15(9-23-13-4-2-12(3-5-13)18(21)22)17-11-1-6-14-10(7-11)8-24-16(14)20/h1-7H,8-9H2,(H,17,19). The van der Waals surface area contributed by atoms with Gasteiger partial charge in [0.25, 0.3) is 11.6 Å². The maximum atomic E-state index is 11.9. The Bertz CT molecular complexity index is 816. The summed E-state index contributed by atoms with van der Waals surface area (Å²) < 4.78 is 10.2. The fourth-order valence-corrected chi connectivity index (χ4v) is 2.22. The number of esters is 1. The summed E-state index contributed by atoms with van der Waals surface area (Å²) in [5.74, 6) is -0.411. The van der Waals surface area contributed by atoms with Gasteiger partial charge in [-0.2, -0.15) is 0 Å². The largest absolute Gasteiger partial charge is 0.484 e. The number of ether oxygens (including phenoxy) is 2. The summed E-state index contributed by atoms with van der Waals surface area (Å²) in [5, 5.41) is 13.2. The van der Waals surface area contributed by atoms with Gasteiger partial charge in [-0.1, -0.05) is 0 Å². The minimum atomic E-state index is -0.515. The number of carbonyl (C=O) groups excluding carboxylic acids is 2. The molecule has 0 saturated heterocycles. The zero-order chi connectivity index (χ0) is 17.1. The lowest BCUT2D eigenvalue weighted by Gasteiger charge is -2.08. The van der Waals surface area contributed by atoms with E-state index in [-0.39, 0.29) is 24.9 Å². The summed E-state index contributed by atoms with van der Waals surface area (Å²) >= 11 is 0. The molecule has 8 nitrogen and oxygen atoms in total. The smallest absolute Gasteiger partial charge is 0.338 e. The normalized spacial score (nSPS) is 12.2. The molecule has 0 unspecified atom stereocenters. The molecule has 2 aromatic carbocycles. The number of hydrogen-bond donors (Lipinski definition) is 1. The third-order valence-corrected chi connectivity index (χ3v) is 3.39. The van der Waals surface area contributed by atoms with Crippen molar-refractivity contribution in [2.75, 3.05) is 11.9 Å². The first-order valence-electron chi connectivity index (χ1n) is 7.00. The minimum Gasteiger partial charge on any atom is -0.484 e. The number of hydrogen-bond acceptors (Lipinski definition) is 6. The van der Waals surface area contributed by atoms with Crippen LogP contribution in [0, 0.1) is 10.1 Å². The van der Waals surface area contributed by atoms with E-state index in [9.17, 15) is 19.7 Å². The number of rotatable bonds is 5. The summed E-state index contributed by atoms with van der Waals surface area (Å²) in [6, 6.07) is 10.3. The molecule has 0 spiro atoms. The van der Waals surface area contributed by atoms with E-state index in [1.54, 1.807) is 18.2 Å². The lowest BCUT2D eigenvalue weighted by molar-refractivity contribution is -0.384. The molecule has 0 radical (unpaired) electrons. The zero-order valence-corrected chi connectivity index (χ0v) is 12.4. The van der Waals surface area contributed by atoms with Crippen LogP contribution in [-0.4, -0.2) is 23.4 Å². The minimum absolute atomic E-state index is 0.0540. The average molecular weight is 328 g/mol. The highest BCUT2D eigenvalue weighted by Crippen LogP contribution is 2.23. The number of nitro benzene ring substituents is 1. The molecule has 24 heavy (non-hydrogen) atoms. The molecule has 1 aliphatic heterocycles. The number of benzene rings is 2. The summed E-state index contributed by atoms with van der Waals surface area (Å²) in [6.07, 6.45) is 0. The summed E-state index contributed by atoms with van der Waals surface area (Å²) in [4.78, 5) is 33.3. The van der Waals surface area contributed by atoms with Gasteiger partial charge in [-0.25, -0.2) is 4.79 Å². The maximum absolute atomic E-state index is 11.9. The van der Waals surface area contributed by atoms with Crippen molar-refractivity contribution in [3.63, 3.8) is 0 Å². The van der Waals surface area contributed by atoms with E-state index < -0.39 is 10.8 Å². The lowest BCUT2D eigenvalue weighted by Crippen LogP contribution is -2.20. The SMILES string of the molecule is O=C(COc1ccc([N+](=O)[O-])cc1)Nc1ccc2c(c1)COC2=O. The molecular formula is C16H12N2O6. The van der Waals surface area contributed by atoms with Crippen LogP contribution in [-0.2, 0) is 16.1 Å². The number of cyclic esters (lactones) is 1. The molecule has 2 aromatic rings. The van der Waals surface area contributed by atoms with Crippen molar-refractivity contribution in [1.82, 2.24) is 0 Å². The van der Waals surface area contributed by atoms with Crippen LogP contribution >= 0.6 is 0 Å². The lowest BCUT2D eigenvalue weighted by atomic mass is 10.1. The van der Waals surface area contributed by atoms with Crippen molar-refractivity contribution in [1.29, 1.82) is 0 Å². The molecular weight excluding hydrogens is 316 g/mol. The van der Waals surface area contributed by atoms with Crippen LogP contribution in [0.15, 0.2) is 42.5 Å². The van der Waals surface area contributed by atoms with Crippen LogP contribution in [0.5, 0.6) is 5.75 Å². The Balaban J connectivity index is 1.56. The number of amides is 1. The molecule has 1 amide bonds. The first-order valence-corrected chi connectivity index (χ1v) is 7.00. The van der Waals surface area contributed by atoms with Gasteiger partial charge < -0.3 is 14.8 Å². The third-order valence-electron chi connectivity index (χ3n) is 3.39. The molecule has 1 aliphatic rings. The van der Waals surface area contributed by atoms with Crippen LogP contribution in [0.25, 0.3) is 0 Å². The summed E-state index contributed by atoms with van der Waals surface area (Å²) in [5.41, 5.74) is 1.69. The highest BCUT2D eigenvalue weighted by atomic mass is 16.6. The number of carbonyl (C=O) groups is 2. The Kier molecular flexibility index (Phi) is 4.11. The molecule has 3 rings (SSSR count). The van der Waals surface area contributed by atoms with E-state index >= 15 is 0 Å². The fourth-order valence-electron chi connectivity index (χ4n) is 2.22. The van der Waals surface area contributed by atoms with Crippen molar-refractivity contribution in [3.05, 3.63) is 63.7 Å². The van der Waals surface area contributed by atoms with Crippen LogP contribution < -0.4 is 10.1 Å². The topological polar surface area (TPSA) is 108 Å². The highest BCUT2D eigenvalue weighted by molar-refractivity contribution is 5.96. The van der Waals surface area contributed by atoms with Crippen molar-refractivity contribution in [2.24, 2.45) is 0 Å². The summed E-state index contributed by atoms with van der Waals surface area (Å²) in [6.45, 7) is -0.0541. The van der Waals surface area contributed by atoms with Crippen LogP contribution in [0.4, 0.5) is 11.4 Å². The molecule has 0 aliphatic carbocycles. The molecule has 1 N–H and O–H groups in total. The molecule has 0 saturated carbocycles. The second-order valence-corrected chi connectivity index (χ2v) is 5.04. The van der Waals surface area contributed by atoms with E-state index in [0.717, 1.165) is 0 Å². The van der Waals surface area contributed by atoms with E-state index in [2.05, 4.69) is 5.32 Å². The summed E-state index contributed by atoms with van der Waals surface area (Å²) in [7, 11) is 0. The van der Waals surface area contributed by atoms with Gasteiger partial charge >= 0.3 is 5.97 Å². The van der Waals surface area contributed by atoms with E-state index in [1.165, 1.54) is 24.3 Å². The van der Waals surface area contributed by atoms with E-state index in [4.69, 9.17) is 9.47 Å². The van der Waals surface area contributed by atoms with Gasteiger partial charge in [0, 0.05) is 23.4 Å². The Morgan fingerprint density at radius 3 is 2.71 bits per heavy atom. The quantitative estimate of drug-likeness (QED) is 0.512. The molecule has 0 fully saturated rings. The molecule has 0 bridgehead atoms. The number of nitro groups is 1. The van der Waals surface area contributed by atoms with Crippen molar-refractivity contribution >= 4 is 23.3 Å². The predicted octanol–water partition coefficient (Wildman–Crippen LogP) is 2.28. The van der Waals surface area contributed by atoms with Gasteiger partial charge in [0.05, 0.1) is 10.5 Å². The Hall–Kier alpha value is -3.42. The van der Waals surface area contributed by atoms with Crippen molar-refractivity contribution in [3.8, 4) is 5.75 Å². The molecule has 0 atom stereocenters. The Morgan fingerprint density at radius 1 is 1.25 bits per heavy atom. The maximum Gasteiger partial charge on any atom is 0.338 e. The van der Waals surface area contributed by atoms with Gasteiger partial charge in [-0.3, -0.25) is 14.9 Å². The molecule has 122 valence electrons. The second kappa shape index (κ2) is 6.37. The number of nitrogens with one attached hydrogen (secondary N) is 1. The molecule has 8 heteroatoms. The average Bonchev–Trinajstić information content (AvgIpc) is 2.94. The Labute approximate surface area is 136 Å². The highest BCUT2D eigenvalue weighted by Gasteiger charge is 2.21. The van der Waals surface area contributed by atoms with Gasteiger partial charge in [0.1, 0.15) is 12.4 Å². The Morgan fingerprint density at radius 2 is 2.00 bits per heavy atom. The number of non-ortho nitro benzene ring substituents is 1. The molecule has 0 aromatic heterocycles. The first kappa shape index (κ1) is 15.5. The van der Waals surface area contributed by atoms with E-state index in [1.807, 2.05) is 0 Å². The van der Waals surface area contributed by atoms with Gasteiger partial charge in [-0.05, 0) is 30.3 Å². The molecule has 1 heterocycles. The van der Waals surface area contributed by atoms with Gasteiger partial charge in [0.15, 0.2) is 6.61 Å². The van der Waals surface area contributed by atoms with Crippen LogP contribution in [0.3, 0.4) is 0 Å². The van der Waals surface area contributed by atoms with Crippen molar-refractivity contribution in [2.45, 2.75) is 6.61 Å². The predicted molar refractivity (Wildman–Crippen MR) is 82.8 cm³/mol. The first-order chi connectivity index (χ1) is 11.5. The van der Waals surface area contributed by atoms with Crippen LogP contribution in [0.1, 0.15) is 15.9 Å². The third kappa shape index (κ3) is 3.32. The number of fused-ring (bicyclic) bond motifs is 1. The zero-order valence-electron chi connectivity index (χ0n) is 12.4. The van der Waals surface area contributed by atoms with Gasteiger partial charge in [-0.15, -0.1) is 0 Å². The van der Waals surface area contributed by atoms with Crippen LogP contribution in [0.2, 0.25) is 0 Å². The number of anilines is 1.